The van der Waals surface area contributed by atoms with Crippen LogP contribution in [0.25, 0.3) is 0 Å². The molecule has 1 aromatic heterocycles. The van der Waals surface area contributed by atoms with E-state index in [0.717, 1.165) is 24.6 Å². The maximum atomic E-state index is 4.43. The van der Waals surface area contributed by atoms with Crippen molar-refractivity contribution in [1.29, 1.82) is 0 Å². The number of aromatic nitrogens is 2. The number of thioether (sulfide) groups is 1. The normalized spacial score (nSPS) is 24.4. The van der Waals surface area contributed by atoms with Gasteiger partial charge in [0.25, 0.3) is 0 Å². The summed E-state index contributed by atoms with van der Waals surface area (Å²) in [5, 5.41) is 8.11. The molecule has 0 saturated carbocycles. The lowest BCUT2D eigenvalue weighted by Crippen LogP contribution is -2.37. The fourth-order valence-electron chi connectivity index (χ4n) is 2.48. The molecule has 2 unspecified atom stereocenters. The fourth-order valence-corrected chi connectivity index (χ4v) is 3.91. The molecule has 0 bridgehead atoms. The van der Waals surface area contributed by atoms with Crippen LogP contribution < -0.4 is 5.32 Å². The third-order valence-corrected chi connectivity index (χ3v) is 4.68. The van der Waals surface area contributed by atoms with Gasteiger partial charge in [-0.25, -0.2) is 0 Å². The molecule has 2 atom stereocenters. The molecule has 0 aromatic carbocycles. The molecule has 0 spiro atoms. The molecule has 1 aliphatic rings. The number of rotatable bonds is 5. The van der Waals surface area contributed by atoms with Crippen molar-refractivity contribution < 1.29 is 0 Å². The van der Waals surface area contributed by atoms with Crippen molar-refractivity contribution in [3.05, 3.63) is 17.5 Å². The van der Waals surface area contributed by atoms with Crippen LogP contribution in [0.4, 0.5) is 0 Å². The Morgan fingerprint density at radius 1 is 1.53 bits per heavy atom. The Balaban J connectivity index is 1.95. The molecule has 17 heavy (non-hydrogen) atoms. The Morgan fingerprint density at radius 2 is 2.35 bits per heavy atom. The summed E-state index contributed by atoms with van der Waals surface area (Å²) in [5.41, 5.74) is 2.50. The first-order valence-electron chi connectivity index (χ1n) is 6.51. The number of nitrogens with one attached hydrogen (secondary N) is 1. The van der Waals surface area contributed by atoms with Crippen LogP contribution in [0.5, 0.6) is 0 Å². The van der Waals surface area contributed by atoms with Crippen LogP contribution >= 0.6 is 11.8 Å². The molecule has 1 N–H and O–H groups in total. The SMILES string of the molecule is CCCNC1CSCC1Cc1cc(C)nn1C. The highest BCUT2D eigenvalue weighted by Gasteiger charge is 2.28. The van der Waals surface area contributed by atoms with Gasteiger partial charge in [-0.05, 0) is 44.0 Å². The molecule has 96 valence electrons. The van der Waals surface area contributed by atoms with Crippen LogP contribution in [-0.4, -0.2) is 33.9 Å². The van der Waals surface area contributed by atoms with E-state index in [0.29, 0.717) is 6.04 Å². The molecule has 1 aromatic rings. The zero-order valence-corrected chi connectivity index (χ0v) is 11.9. The van der Waals surface area contributed by atoms with E-state index < -0.39 is 0 Å². The van der Waals surface area contributed by atoms with Gasteiger partial charge < -0.3 is 5.32 Å². The monoisotopic (exact) mass is 253 g/mol. The van der Waals surface area contributed by atoms with Gasteiger partial charge in [0.15, 0.2) is 0 Å². The van der Waals surface area contributed by atoms with Crippen LogP contribution in [0.2, 0.25) is 0 Å². The fraction of sp³-hybridized carbons (Fsp3) is 0.769. The summed E-state index contributed by atoms with van der Waals surface area (Å²) in [7, 11) is 2.05. The Kier molecular flexibility index (Phi) is 4.51. The van der Waals surface area contributed by atoms with E-state index in [2.05, 4.69) is 49.1 Å². The summed E-state index contributed by atoms with van der Waals surface area (Å²) in [4.78, 5) is 0. The van der Waals surface area contributed by atoms with Gasteiger partial charge in [-0.2, -0.15) is 16.9 Å². The minimum Gasteiger partial charge on any atom is -0.313 e. The molecule has 4 heteroatoms. The van der Waals surface area contributed by atoms with Gasteiger partial charge in [0.1, 0.15) is 0 Å². The largest absolute Gasteiger partial charge is 0.313 e. The average Bonchev–Trinajstić information content (AvgIpc) is 2.84. The van der Waals surface area contributed by atoms with Crippen molar-refractivity contribution in [2.24, 2.45) is 13.0 Å². The second-order valence-corrected chi connectivity index (χ2v) is 6.04. The van der Waals surface area contributed by atoms with Crippen LogP contribution in [-0.2, 0) is 13.5 Å². The summed E-state index contributed by atoms with van der Waals surface area (Å²) in [5.74, 6) is 3.31. The highest BCUT2D eigenvalue weighted by molar-refractivity contribution is 7.99. The van der Waals surface area contributed by atoms with Gasteiger partial charge in [0.05, 0.1) is 5.69 Å². The van der Waals surface area contributed by atoms with E-state index in [1.165, 1.54) is 23.6 Å². The van der Waals surface area contributed by atoms with Crippen molar-refractivity contribution in [3.8, 4) is 0 Å². The van der Waals surface area contributed by atoms with Gasteiger partial charge >= 0.3 is 0 Å². The minimum atomic E-state index is 0.690. The predicted molar refractivity (Wildman–Crippen MR) is 74.5 cm³/mol. The zero-order valence-electron chi connectivity index (χ0n) is 11.1. The lowest BCUT2D eigenvalue weighted by Gasteiger charge is -2.19. The molecule has 1 fully saturated rings. The number of hydrogen-bond acceptors (Lipinski definition) is 3. The van der Waals surface area contributed by atoms with Crippen LogP contribution in [0.1, 0.15) is 24.7 Å². The molecule has 2 rings (SSSR count). The van der Waals surface area contributed by atoms with Crippen molar-refractivity contribution in [3.63, 3.8) is 0 Å². The van der Waals surface area contributed by atoms with Gasteiger partial charge in [-0.1, -0.05) is 6.92 Å². The Hall–Kier alpha value is -0.480. The summed E-state index contributed by atoms with van der Waals surface area (Å²) >= 11 is 2.08. The minimum absolute atomic E-state index is 0.690. The molecule has 3 nitrogen and oxygen atoms in total. The first kappa shape index (κ1) is 13.0. The maximum absolute atomic E-state index is 4.43. The predicted octanol–water partition coefficient (Wildman–Crippen LogP) is 2.00. The molecule has 1 aliphatic heterocycles. The zero-order chi connectivity index (χ0) is 12.3. The number of aryl methyl sites for hydroxylation is 2. The third kappa shape index (κ3) is 3.26. The molecule has 0 amide bonds. The van der Waals surface area contributed by atoms with E-state index in [1.807, 2.05) is 4.68 Å². The van der Waals surface area contributed by atoms with Gasteiger partial charge in [-0.15, -0.1) is 0 Å². The van der Waals surface area contributed by atoms with E-state index in [4.69, 9.17) is 0 Å². The van der Waals surface area contributed by atoms with Crippen LogP contribution in [0, 0.1) is 12.8 Å². The van der Waals surface area contributed by atoms with Gasteiger partial charge in [0.2, 0.25) is 0 Å². The summed E-state index contributed by atoms with van der Waals surface area (Å²) in [6.07, 6.45) is 2.38. The van der Waals surface area contributed by atoms with Crippen LogP contribution in [0.3, 0.4) is 0 Å². The second kappa shape index (κ2) is 5.91. The molecular weight excluding hydrogens is 230 g/mol. The van der Waals surface area contributed by atoms with Crippen molar-refractivity contribution >= 4 is 11.8 Å². The van der Waals surface area contributed by atoms with E-state index in [-0.39, 0.29) is 0 Å². The van der Waals surface area contributed by atoms with Crippen molar-refractivity contribution in [2.75, 3.05) is 18.1 Å². The van der Waals surface area contributed by atoms with E-state index in [1.54, 1.807) is 0 Å². The maximum Gasteiger partial charge on any atom is 0.0596 e. The molecule has 1 saturated heterocycles. The van der Waals surface area contributed by atoms with E-state index >= 15 is 0 Å². The first-order valence-corrected chi connectivity index (χ1v) is 7.66. The smallest absolute Gasteiger partial charge is 0.0596 e. The summed E-state index contributed by atoms with van der Waals surface area (Å²) in [6.45, 7) is 5.44. The molecule has 2 heterocycles. The van der Waals surface area contributed by atoms with Gasteiger partial charge in [0, 0.05) is 24.5 Å². The highest BCUT2D eigenvalue weighted by Crippen LogP contribution is 2.27. The quantitative estimate of drug-likeness (QED) is 0.870. The topological polar surface area (TPSA) is 29.9 Å². The first-order chi connectivity index (χ1) is 8.20. The van der Waals surface area contributed by atoms with E-state index in [9.17, 15) is 0 Å². The lowest BCUT2D eigenvalue weighted by molar-refractivity contribution is 0.417. The van der Waals surface area contributed by atoms with Crippen molar-refractivity contribution in [2.45, 2.75) is 32.7 Å². The number of hydrogen-bond donors (Lipinski definition) is 1. The van der Waals surface area contributed by atoms with Crippen LogP contribution in [0.15, 0.2) is 6.07 Å². The van der Waals surface area contributed by atoms with Gasteiger partial charge in [-0.3, -0.25) is 4.68 Å². The molecular formula is C13H23N3S. The second-order valence-electron chi connectivity index (χ2n) is 4.96. The Morgan fingerprint density at radius 3 is 3.00 bits per heavy atom. The third-order valence-electron chi connectivity index (χ3n) is 3.43. The highest BCUT2D eigenvalue weighted by atomic mass is 32.2. The molecule has 0 aliphatic carbocycles. The Bertz CT molecular complexity index is 362. The summed E-state index contributed by atoms with van der Waals surface area (Å²) < 4.78 is 2.04. The standard InChI is InChI=1S/C13H23N3S/c1-4-5-14-13-9-17-8-11(13)7-12-6-10(2)15-16(12)3/h6,11,13-14H,4-5,7-9H2,1-3H3. The Labute approximate surface area is 108 Å². The average molecular weight is 253 g/mol. The lowest BCUT2D eigenvalue weighted by atomic mass is 9.97. The molecule has 0 radical (unpaired) electrons. The van der Waals surface area contributed by atoms with Crippen molar-refractivity contribution in [1.82, 2.24) is 15.1 Å². The number of nitrogens with zero attached hydrogens (tertiary/aromatic N) is 2. The summed E-state index contributed by atoms with van der Waals surface area (Å²) in [6, 6.07) is 2.91.